The molecular formula is C24H22F2N2O2. The van der Waals surface area contributed by atoms with Gasteiger partial charge in [-0.15, -0.1) is 0 Å². The normalized spacial score (nSPS) is 10.7. The molecule has 0 aliphatic carbocycles. The number of amides is 1. The van der Waals surface area contributed by atoms with Gasteiger partial charge in [-0.05, 0) is 41.8 Å². The van der Waals surface area contributed by atoms with Gasteiger partial charge in [0.2, 0.25) is 11.9 Å². The van der Waals surface area contributed by atoms with E-state index >= 15 is 0 Å². The van der Waals surface area contributed by atoms with Gasteiger partial charge in [-0.2, -0.15) is 4.39 Å². The summed E-state index contributed by atoms with van der Waals surface area (Å²) in [6.07, 6.45) is 2.38. The van der Waals surface area contributed by atoms with Crippen molar-refractivity contribution in [2.45, 2.75) is 26.2 Å². The Morgan fingerprint density at radius 3 is 2.33 bits per heavy atom. The van der Waals surface area contributed by atoms with Gasteiger partial charge in [-0.3, -0.25) is 9.59 Å². The maximum Gasteiger partial charge on any atom is 0.226 e. The zero-order chi connectivity index (χ0) is 21.7. The molecule has 0 fully saturated rings. The highest BCUT2D eigenvalue weighted by Gasteiger charge is 2.13. The number of carbonyl (C=O) groups excluding carboxylic acids is 2. The van der Waals surface area contributed by atoms with Gasteiger partial charge < -0.3 is 4.90 Å². The van der Waals surface area contributed by atoms with Crippen LogP contribution in [-0.2, 0) is 11.2 Å². The summed E-state index contributed by atoms with van der Waals surface area (Å²) in [5, 5.41) is 0. The number of ketones is 1. The molecule has 0 saturated carbocycles. The SMILES string of the molecule is CCC(=O)N(C)c1ccc(-c2ccc(C(=O)CCc3ccc(F)nc3)cc2F)cc1. The molecule has 6 heteroatoms. The van der Waals surface area contributed by atoms with Crippen molar-refractivity contribution in [3.05, 3.63) is 83.7 Å². The fourth-order valence-electron chi connectivity index (χ4n) is 3.12. The van der Waals surface area contributed by atoms with E-state index in [4.69, 9.17) is 0 Å². The molecule has 1 amide bonds. The highest BCUT2D eigenvalue weighted by molar-refractivity contribution is 5.96. The average molecular weight is 408 g/mol. The lowest BCUT2D eigenvalue weighted by atomic mass is 9.99. The summed E-state index contributed by atoms with van der Waals surface area (Å²) in [7, 11) is 1.70. The molecule has 1 heterocycles. The minimum absolute atomic E-state index is 0.00628. The molecule has 0 aliphatic heterocycles. The molecule has 0 aliphatic rings. The molecule has 2 aromatic carbocycles. The lowest BCUT2D eigenvalue weighted by Crippen LogP contribution is -2.24. The Kier molecular flexibility index (Phi) is 6.67. The van der Waals surface area contributed by atoms with E-state index in [1.54, 1.807) is 61.3 Å². The molecule has 0 saturated heterocycles. The van der Waals surface area contributed by atoms with Crippen molar-refractivity contribution in [2.24, 2.45) is 0 Å². The number of rotatable bonds is 7. The van der Waals surface area contributed by atoms with E-state index in [1.165, 1.54) is 18.3 Å². The van der Waals surface area contributed by atoms with E-state index in [0.29, 0.717) is 24.0 Å². The summed E-state index contributed by atoms with van der Waals surface area (Å²) in [5.41, 5.74) is 2.80. The van der Waals surface area contributed by atoms with Gasteiger partial charge in [-0.1, -0.05) is 37.3 Å². The van der Waals surface area contributed by atoms with Gasteiger partial charge in [0.25, 0.3) is 0 Å². The molecule has 1 aromatic heterocycles. The van der Waals surface area contributed by atoms with Gasteiger partial charge in [0.1, 0.15) is 5.82 Å². The Labute approximate surface area is 174 Å². The van der Waals surface area contributed by atoms with E-state index in [1.807, 2.05) is 0 Å². The predicted octanol–water partition coefficient (Wildman–Crippen LogP) is 5.22. The molecule has 0 bridgehead atoms. The third-order valence-electron chi connectivity index (χ3n) is 4.96. The first-order valence-electron chi connectivity index (χ1n) is 9.69. The van der Waals surface area contributed by atoms with Crippen LogP contribution in [0.3, 0.4) is 0 Å². The minimum atomic E-state index is -0.570. The Morgan fingerprint density at radius 1 is 1.00 bits per heavy atom. The Bertz CT molecular complexity index is 1050. The first-order valence-corrected chi connectivity index (χ1v) is 9.69. The van der Waals surface area contributed by atoms with Crippen LogP contribution in [0.15, 0.2) is 60.8 Å². The number of carbonyl (C=O) groups is 2. The Morgan fingerprint density at radius 2 is 1.73 bits per heavy atom. The molecule has 0 radical (unpaired) electrons. The second-order valence-electron chi connectivity index (χ2n) is 6.96. The fraction of sp³-hybridized carbons (Fsp3) is 0.208. The third-order valence-corrected chi connectivity index (χ3v) is 4.96. The van der Waals surface area contributed by atoms with Crippen LogP contribution in [0.2, 0.25) is 0 Å². The molecular weight excluding hydrogens is 386 g/mol. The lowest BCUT2D eigenvalue weighted by molar-refractivity contribution is -0.118. The molecule has 3 rings (SSSR count). The highest BCUT2D eigenvalue weighted by Crippen LogP contribution is 2.26. The van der Waals surface area contributed by atoms with E-state index in [2.05, 4.69) is 4.98 Å². The van der Waals surface area contributed by atoms with Gasteiger partial charge in [0, 0.05) is 42.9 Å². The predicted molar refractivity (Wildman–Crippen MR) is 112 cm³/mol. The van der Waals surface area contributed by atoms with Crippen molar-refractivity contribution < 1.29 is 18.4 Å². The smallest absolute Gasteiger partial charge is 0.226 e. The number of benzene rings is 2. The molecule has 154 valence electrons. The molecule has 0 spiro atoms. The fourth-order valence-corrected chi connectivity index (χ4v) is 3.12. The average Bonchev–Trinajstić information content (AvgIpc) is 2.77. The zero-order valence-electron chi connectivity index (χ0n) is 16.9. The van der Waals surface area contributed by atoms with E-state index in [9.17, 15) is 18.4 Å². The largest absolute Gasteiger partial charge is 0.316 e. The van der Waals surface area contributed by atoms with Crippen LogP contribution in [0.5, 0.6) is 0 Å². The van der Waals surface area contributed by atoms with Gasteiger partial charge in [-0.25, -0.2) is 9.37 Å². The number of anilines is 1. The molecule has 3 aromatic rings. The highest BCUT2D eigenvalue weighted by atomic mass is 19.1. The van der Waals surface area contributed by atoms with Crippen LogP contribution < -0.4 is 4.90 Å². The van der Waals surface area contributed by atoms with Crippen molar-refractivity contribution in [1.82, 2.24) is 4.98 Å². The molecule has 0 N–H and O–H groups in total. The van der Waals surface area contributed by atoms with Gasteiger partial charge >= 0.3 is 0 Å². The van der Waals surface area contributed by atoms with Crippen molar-refractivity contribution in [1.29, 1.82) is 0 Å². The number of halogens is 2. The summed E-state index contributed by atoms with van der Waals surface area (Å²) in [4.78, 5) is 29.3. The second-order valence-corrected chi connectivity index (χ2v) is 6.96. The zero-order valence-corrected chi connectivity index (χ0v) is 16.9. The number of aromatic nitrogens is 1. The van der Waals surface area contributed by atoms with Crippen molar-refractivity contribution in [3.8, 4) is 11.1 Å². The second kappa shape index (κ2) is 9.39. The van der Waals surface area contributed by atoms with Gasteiger partial charge in [0.05, 0.1) is 0 Å². The van der Waals surface area contributed by atoms with E-state index in [-0.39, 0.29) is 23.7 Å². The topological polar surface area (TPSA) is 50.3 Å². The molecule has 0 unspecified atom stereocenters. The van der Waals surface area contributed by atoms with Crippen LogP contribution >= 0.6 is 0 Å². The van der Waals surface area contributed by atoms with Gasteiger partial charge in [0.15, 0.2) is 5.78 Å². The van der Waals surface area contributed by atoms with Crippen LogP contribution in [0, 0.1) is 11.8 Å². The van der Waals surface area contributed by atoms with Crippen LogP contribution in [-0.4, -0.2) is 23.7 Å². The maximum atomic E-state index is 14.7. The number of Topliss-reactive ketones (excluding diaryl/α,β-unsaturated/α-hetero) is 1. The lowest BCUT2D eigenvalue weighted by Gasteiger charge is -2.17. The van der Waals surface area contributed by atoms with Crippen molar-refractivity contribution >= 4 is 17.4 Å². The van der Waals surface area contributed by atoms with Crippen LogP contribution in [0.25, 0.3) is 11.1 Å². The Hall–Kier alpha value is -3.41. The number of pyridine rings is 1. The summed E-state index contributed by atoms with van der Waals surface area (Å²) in [6, 6.07) is 14.3. The summed E-state index contributed by atoms with van der Waals surface area (Å²) >= 11 is 0. The summed E-state index contributed by atoms with van der Waals surface area (Å²) in [6.45, 7) is 1.79. The Balaban J connectivity index is 1.70. The first kappa shape index (κ1) is 21.3. The van der Waals surface area contributed by atoms with Crippen LogP contribution in [0.1, 0.15) is 35.7 Å². The number of hydrogen-bond donors (Lipinski definition) is 0. The monoisotopic (exact) mass is 408 g/mol. The maximum absolute atomic E-state index is 14.7. The first-order chi connectivity index (χ1) is 14.4. The van der Waals surface area contributed by atoms with Crippen molar-refractivity contribution in [2.75, 3.05) is 11.9 Å². The standard InChI is InChI=1S/C24H22F2N2O2/c1-3-24(30)28(2)19-9-6-17(7-10-19)20-11-8-18(14-21(20)25)22(29)12-4-16-5-13-23(26)27-15-16/h5-11,13-15H,3-4,12H2,1-2H3. The molecule has 0 atom stereocenters. The molecule has 30 heavy (non-hydrogen) atoms. The quantitative estimate of drug-likeness (QED) is 0.398. The summed E-state index contributed by atoms with van der Waals surface area (Å²) in [5.74, 6) is -1.26. The number of aryl methyl sites for hydroxylation is 1. The number of hydrogen-bond acceptors (Lipinski definition) is 3. The summed E-state index contributed by atoms with van der Waals surface area (Å²) < 4.78 is 27.5. The third kappa shape index (κ3) is 4.95. The molecule has 4 nitrogen and oxygen atoms in total. The van der Waals surface area contributed by atoms with E-state index in [0.717, 1.165) is 11.3 Å². The van der Waals surface area contributed by atoms with Crippen molar-refractivity contribution in [3.63, 3.8) is 0 Å². The number of nitrogens with zero attached hydrogens (tertiary/aromatic N) is 2. The minimum Gasteiger partial charge on any atom is -0.316 e. The van der Waals surface area contributed by atoms with Crippen LogP contribution in [0.4, 0.5) is 14.5 Å². The van der Waals surface area contributed by atoms with E-state index < -0.39 is 11.8 Å².